The Morgan fingerprint density at radius 2 is 1.44 bits per heavy atom. The van der Waals surface area contributed by atoms with E-state index in [-0.39, 0.29) is 27.8 Å². The molecule has 11 heteroatoms. The number of amides is 1. The van der Waals surface area contributed by atoms with Crippen LogP contribution in [0.1, 0.15) is 26.4 Å². The van der Waals surface area contributed by atoms with Gasteiger partial charge in [0.25, 0.3) is 5.91 Å². The SMILES string of the molecule is COc1cc(C=NNC(=O)c2[nH]c3c(OC)ccc(OC)c3c2-c2ccccc2Cl)ccc1OC(=O)c1ccccc1Cl. The first-order chi connectivity index (χ1) is 20.9. The van der Waals surface area contributed by atoms with Crippen LogP contribution in [0, 0.1) is 0 Å². The summed E-state index contributed by atoms with van der Waals surface area (Å²) in [6.07, 6.45) is 1.43. The molecule has 5 rings (SSSR count). The molecule has 0 aliphatic rings. The quantitative estimate of drug-likeness (QED) is 0.0786. The number of carbonyl (C=O) groups excluding carboxylic acids is 2. The number of hydrazone groups is 1. The molecule has 0 atom stereocenters. The summed E-state index contributed by atoms with van der Waals surface area (Å²) >= 11 is 12.7. The molecule has 0 unspecified atom stereocenters. The molecule has 0 spiro atoms. The first-order valence-corrected chi connectivity index (χ1v) is 13.6. The molecule has 0 aliphatic carbocycles. The Labute approximate surface area is 256 Å². The first kappa shape index (κ1) is 29.5. The van der Waals surface area contributed by atoms with Crippen molar-refractivity contribution in [2.45, 2.75) is 0 Å². The zero-order valence-corrected chi connectivity index (χ0v) is 24.7. The molecule has 0 saturated carbocycles. The zero-order valence-electron chi connectivity index (χ0n) is 23.2. The minimum absolute atomic E-state index is 0.193. The Balaban J connectivity index is 1.43. The molecule has 43 heavy (non-hydrogen) atoms. The molecule has 0 aliphatic heterocycles. The smallest absolute Gasteiger partial charge is 0.345 e. The third kappa shape index (κ3) is 5.99. The van der Waals surface area contributed by atoms with E-state index in [2.05, 4.69) is 15.5 Å². The number of aromatic nitrogens is 1. The summed E-state index contributed by atoms with van der Waals surface area (Å²) in [7, 11) is 4.53. The number of halogens is 2. The van der Waals surface area contributed by atoms with Gasteiger partial charge in [-0.25, -0.2) is 10.2 Å². The molecule has 0 saturated heterocycles. The van der Waals surface area contributed by atoms with E-state index < -0.39 is 11.9 Å². The highest BCUT2D eigenvalue weighted by Gasteiger charge is 2.25. The summed E-state index contributed by atoms with van der Waals surface area (Å²) in [5.74, 6) is 0.383. The molecule has 218 valence electrons. The highest BCUT2D eigenvalue weighted by molar-refractivity contribution is 6.34. The highest BCUT2D eigenvalue weighted by Crippen LogP contribution is 2.44. The summed E-state index contributed by atoms with van der Waals surface area (Å²) in [6.45, 7) is 0. The minimum Gasteiger partial charge on any atom is -0.496 e. The number of hydrogen-bond donors (Lipinski definition) is 2. The average Bonchev–Trinajstić information content (AvgIpc) is 3.42. The van der Waals surface area contributed by atoms with Crippen molar-refractivity contribution in [2.24, 2.45) is 5.10 Å². The van der Waals surface area contributed by atoms with Crippen LogP contribution in [0.2, 0.25) is 10.0 Å². The lowest BCUT2D eigenvalue weighted by molar-refractivity contribution is 0.0729. The third-order valence-corrected chi connectivity index (χ3v) is 7.21. The summed E-state index contributed by atoms with van der Waals surface area (Å²) in [6, 6.07) is 22.1. The number of hydrogen-bond acceptors (Lipinski definition) is 7. The number of H-pyrrole nitrogens is 1. The van der Waals surface area contributed by atoms with E-state index in [1.54, 1.807) is 80.9 Å². The van der Waals surface area contributed by atoms with Crippen LogP contribution in [0.5, 0.6) is 23.0 Å². The van der Waals surface area contributed by atoms with Gasteiger partial charge in [0.05, 0.1) is 49.0 Å². The van der Waals surface area contributed by atoms with Gasteiger partial charge in [0.1, 0.15) is 17.2 Å². The van der Waals surface area contributed by atoms with Crippen molar-refractivity contribution in [2.75, 3.05) is 21.3 Å². The van der Waals surface area contributed by atoms with E-state index in [1.807, 2.05) is 12.1 Å². The highest BCUT2D eigenvalue weighted by atomic mass is 35.5. The summed E-state index contributed by atoms with van der Waals surface area (Å²) in [5, 5.41) is 5.50. The summed E-state index contributed by atoms with van der Waals surface area (Å²) < 4.78 is 22.0. The maximum atomic E-state index is 13.5. The molecule has 5 aromatic rings. The Bertz CT molecular complexity index is 1870. The fourth-order valence-electron chi connectivity index (χ4n) is 4.54. The summed E-state index contributed by atoms with van der Waals surface area (Å²) in [5.41, 5.74) is 5.30. The Hall–Kier alpha value is -4.99. The number of nitrogens with one attached hydrogen (secondary N) is 2. The molecule has 1 aromatic heterocycles. The van der Waals surface area contributed by atoms with Gasteiger partial charge >= 0.3 is 5.97 Å². The van der Waals surface area contributed by atoms with Crippen LogP contribution in [-0.4, -0.2) is 44.4 Å². The van der Waals surface area contributed by atoms with E-state index in [1.165, 1.54) is 13.3 Å². The average molecular weight is 618 g/mol. The van der Waals surface area contributed by atoms with E-state index >= 15 is 0 Å². The van der Waals surface area contributed by atoms with E-state index in [0.717, 1.165) is 0 Å². The Morgan fingerprint density at radius 1 is 0.791 bits per heavy atom. The largest absolute Gasteiger partial charge is 0.496 e. The van der Waals surface area contributed by atoms with E-state index in [9.17, 15) is 9.59 Å². The number of rotatable bonds is 9. The van der Waals surface area contributed by atoms with Gasteiger partial charge in [0.15, 0.2) is 11.5 Å². The van der Waals surface area contributed by atoms with Crippen LogP contribution >= 0.6 is 23.2 Å². The van der Waals surface area contributed by atoms with E-state index in [0.29, 0.717) is 44.1 Å². The number of esters is 1. The standard InChI is InChI=1S/C32H25Cl2N3O6/c1-40-24-14-15-25(41-2)29-28(24)27(19-8-4-6-10-21(19)33)30(36-29)31(38)37-35-17-18-12-13-23(26(16-18)42-3)43-32(39)20-9-5-7-11-22(20)34/h4-17,36H,1-3H3,(H,37,38). The predicted molar refractivity (Wildman–Crippen MR) is 166 cm³/mol. The first-order valence-electron chi connectivity index (χ1n) is 12.9. The van der Waals surface area contributed by atoms with Crippen molar-refractivity contribution in [3.63, 3.8) is 0 Å². The van der Waals surface area contributed by atoms with E-state index in [4.69, 9.17) is 42.1 Å². The van der Waals surface area contributed by atoms with Gasteiger partial charge in [-0.1, -0.05) is 53.5 Å². The van der Waals surface area contributed by atoms with Crippen LogP contribution in [0.15, 0.2) is 84.0 Å². The maximum Gasteiger partial charge on any atom is 0.345 e. The molecule has 0 radical (unpaired) electrons. The van der Waals surface area contributed by atoms with Gasteiger partial charge in [0.2, 0.25) is 0 Å². The number of fused-ring (bicyclic) bond motifs is 1. The Kier molecular flexibility index (Phi) is 8.85. The fourth-order valence-corrected chi connectivity index (χ4v) is 4.99. The van der Waals surface area contributed by atoms with Gasteiger partial charge in [0, 0.05) is 16.1 Å². The number of benzene rings is 4. The van der Waals surface area contributed by atoms with Crippen LogP contribution in [0.25, 0.3) is 22.0 Å². The Morgan fingerprint density at radius 3 is 2.14 bits per heavy atom. The van der Waals surface area contributed by atoms with Crippen molar-refractivity contribution < 1.29 is 28.5 Å². The van der Waals surface area contributed by atoms with Crippen molar-refractivity contribution in [3.8, 4) is 34.1 Å². The molecule has 1 heterocycles. The summed E-state index contributed by atoms with van der Waals surface area (Å²) in [4.78, 5) is 29.3. The number of carbonyl (C=O) groups is 2. The zero-order chi connectivity index (χ0) is 30.5. The monoisotopic (exact) mass is 617 g/mol. The van der Waals surface area contributed by atoms with Crippen LogP contribution in [0.4, 0.5) is 0 Å². The van der Waals surface area contributed by atoms with Gasteiger partial charge in [-0.2, -0.15) is 5.10 Å². The molecular formula is C32H25Cl2N3O6. The van der Waals surface area contributed by atoms with Crippen LogP contribution in [-0.2, 0) is 0 Å². The van der Waals surface area contributed by atoms with Gasteiger partial charge in [-0.15, -0.1) is 0 Å². The molecule has 4 aromatic carbocycles. The minimum atomic E-state index is -0.626. The lowest BCUT2D eigenvalue weighted by Crippen LogP contribution is -2.19. The van der Waals surface area contributed by atoms with Crippen molar-refractivity contribution in [3.05, 3.63) is 106 Å². The molecule has 0 bridgehead atoms. The number of ether oxygens (including phenoxy) is 4. The van der Waals surface area contributed by atoms with Gasteiger partial charge < -0.3 is 23.9 Å². The fraction of sp³-hybridized carbons (Fsp3) is 0.0938. The second kappa shape index (κ2) is 12.9. The molecule has 0 fully saturated rings. The number of nitrogens with zero attached hydrogens (tertiary/aromatic N) is 1. The second-order valence-electron chi connectivity index (χ2n) is 9.05. The normalized spacial score (nSPS) is 11.0. The number of methoxy groups -OCH3 is 3. The lowest BCUT2D eigenvalue weighted by Gasteiger charge is -2.10. The third-order valence-electron chi connectivity index (χ3n) is 6.55. The molecular weight excluding hydrogens is 593 g/mol. The van der Waals surface area contributed by atoms with Crippen LogP contribution < -0.4 is 24.4 Å². The predicted octanol–water partition coefficient (Wildman–Crippen LogP) is 7.15. The van der Waals surface area contributed by atoms with Crippen molar-refractivity contribution >= 4 is 52.2 Å². The molecule has 9 nitrogen and oxygen atoms in total. The van der Waals surface area contributed by atoms with Crippen LogP contribution in [0.3, 0.4) is 0 Å². The maximum absolute atomic E-state index is 13.5. The molecule has 1 amide bonds. The van der Waals surface area contributed by atoms with Gasteiger partial charge in [-0.05, 0) is 54.1 Å². The second-order valence-corrected chi connectivity index (χ2v) is 9.87. The lowest BCUT2D eigenvalue weighted by atomic mass is 10.0. The molecule has 2 N–H and O–H groups in total. The van der Waals surface area contributed by atoms with Crippen molar-refractivity contribution in [1.82, 2.24) is 10.4 Å². The topological polar surface area (TPSA) is 111 Å². The van der Waals surface area contributed by atoms with Gasteiger partial charge in [-0.3, -0.25) is 4.79 Å². The number of aromatic amines is 1. The van der Waals surface area contributed by atoms with Crippen molar-refractivity contribution in [1.29, 1.82) is 0 Å².